The van der Waals surface area contributed by atoms with Crippen molar-refractivity contribution in [2.75, 3.05) is 0 Å². The first-order valence-corrected chi connectivity index (χ1v) is 3.37. The Balaban J connectivity index is 4.72. The van der Waals surface area contributed by atoms with E-state index in [9.17, 15) is 14.9 Å². The maximum atomic E-state index is 10.8. The molecule has 0 aliphatic carbocycles. The van der Waals surface area contributed by atoms with E-state index >= 15 is 0 Å². The fourth-order valence-electron chi connectivity index (χ4n) is 0.516. The number of rotatable bonds is 2. The molecule has 0 unspecified atom stereocenters. The Bertz CT molecular complexity index is 379. The van der Waals surface area contributed by atoms with Crippen molar-refractivity contribution >= 4 is 17.6 Å². The molecule has 10 heteroatoms. The highest BCUT2D eigenvalue weighted by Gasteiger charge is 2.20. The van der Waals surface area contributed by atoms with Crippen LogP contribution in [0.25, 0.3) is 0 Å². The number of nitriles is 1. The molecule has 0 atom stereocenters. The van der Waals surface area contributed by atoms with Crippen LogP contribution >= 0.6 is 0 Å². The monoisotopic (exact) mass is 211 g/mol. The zero-order valence-electron chi connectivity index (χ0n) is 7.22. The Morgan fingerprint density at radius 2 is 2.27 bits per heavy atom. The summed E-state index contributed by atoms with van der Waals surface area (Å²) in [7, 11) is 0. The normalized spacial score (nSPS) is 9.93. The van der Waals surface area contributed by atoms with E-state index in [4.69, 9.17) is 16.2 Å². The smallest absolute Gasteiger partial charge is 0.358 e. The lowest BCUT2D eigenvalue weighted by Gasteiger charge is -2.00. The summed E-state index contributed by atoms with van der Waals surface area (Å²) in [6.45, 7) is 0. The summed E-state index contributed by atoms with van der Waals surface area (Å²) in [5.74, 6) is -2.86. The van der Waals surface area contributed by atoms with Crippen LogP contribution in [0.5, 0.6) is 0 Å². The lowest BCUT2D eigenvalue weighted by molar-refractivity contribution is -0.347. The molecule has 0 fully saturated rings. The minimum Gasteiger partial charge on any atom is -0.358 e. The van der Waals surface area contributed by atoms with E-state index in [1.807, 2.05) is 5.32 Å². The van der Waals surface area contributed by atoms with Gasteiger partial charge < -0.3 is 15.4 Å². The number of amidine groups is 2. The van der Waals surface area contributed by atoms with E-state index in [-0.39, 0.29) is 0 Å². The van der Waals surface area contributed by atoms with Crippen LogP contribution in [0, 0.1) is 32.4 Å². The van der Waals surface area contributed by atoms with Crippen molar-refractivity contribution < 1.29 is 9.72 Å². The summed E-state index contributed by atoms with van der Waals surface area (Å²) in [6.07, 6.45) is -0.540. The Labute approximate surface area is 82.7 Å². The summed E-state index contributed by atoms with van der Waals surface area (Å²) < 4.78 is 0. The molecule has 0 aromatic carbocycles. The highest BCUT2D eigenvalue weighted by molar-refractivity contribution is 6.38. The number of carbonyl (C=O) groups excluding carboxylic acids is 1. The fourth-order valence-corrected chi connectivity index (χ4v) is 0.516. The van der Waals surface area contributed by atoms with E-state index in [1.54, 1.807) is 0 Å². The molecule has 0 radical (unpaired) electrons. The second-order valence-corrected chi connectivity index (χ2v) is 2.04. The van der Waals surface area contributed by atoms with Crippen molar-refractivity contribution in [1.29, 1.82) is 16.2 Å². The third kappa shape index (κ3) is 4.18. The molecule has 0 aromatic heterocycles. The summed E-state index contributed by atoms with van der Waals surface area (Å²) >= 11 is 0. The Morgan fingerprint density at radius 3 is 2.67 bits per heavy atom. The predicted molar refractivity (Wildman–Crippen MR) is 45.7 cm³/mol. The highest BCUT2D eigenvalue weighted by atomic mass is 16.6. The van der Waals surface area contributed by atoms with E-state index in [0.717, 1.165) is 0 Å². The molecule has 0 spiro atoms. The van der Waals surface area contributed by atoms with E-state index in [1.165, 1.54) is 6.07 Å². The molecule has 0 rings (SSSR count). The lowest BCUT2D eigenvalue weighted by Crippen LogP contribution is -2.38. The first-order chi connectivity index (χ1) is 7.02. The van der Waals surface area contributed by atoms with Crippen molar-refractivity contribution in [3.63, 3.8) is 0 Å². The maximum absolute atomic E-state index is 10.8. The number of nitrogens with zero attached hydrogens (tertiary/aromatic N) is 4. The molecular formula is C5H5N7O3. The first kappa shape index (κ1) is 12.3. The van der Waals surface area contributed by atoms with Gasteiger partial charge in [-0.1, -0.05) is 10.6 Å². The number of hydrogen-bond acceptors (Lipinski definition) is 7. The van der Waals surface area contributed by atoms with Crippen LogP contribution in [0.15, 0.2) is 10.3 Å². The molecule has 1 amide bonds. The van der Waals surface area contributed by atoms with Gasteiger partial charge in [-0.15, -0.1) is 5.10 Å². The van der Waals surface area contributed by atoms with Gasteiger partial charge in [-0.3, -0.25) is 4.79 Å². The number of carbonyl (C=O) groups is 1. The average molecular weight is 211 g/mol. The van der Waals surface area contributed by atoms with Crippen LogP contribution < -0.4 is 5.32 Å². The van der Waals surface area contributed by atoms with Crippen LogP contribution in [0.1, 0.15) is 6.42 Å². The average Bonchev–Trinajstić information content (AvgIpc) is 2.16. The zero-order valence-corrected chi connectivity index (χ0v) is 7.22. The van der Waals surface area contributed by atoms with E-state index in [2.05, 4.69) is 10.3 Å². The van der Waals surface area contributed by atoms with Gasteiger partial charge in [0.15, 0.2) is 0 Å². The summed E-state index contributed by atoms with van der Waals surface area (Å²) in [6, 6.07) is 1.50. The van der Waals surface area contributed by atoms with Gasteiger partial charge >= 0.3 is 5.84 Å². The number of hydrogen-bond donors (Lipinski definition) is 3. The van der Waals surface area contributed by atoms with E-state index < -0.39 is 28.9 Å². The van der Waals surface area contributed by atoms with Crippen LogP contribution in [0.2, 0.25) is 0 Å². The van der Waals surface area contributed by atoms with Crippen LogP contribution in [0.4, 0.5) is 0 Å². The van der Waals surface area contributed by atoms with Crippen molar-refractivity contribution in [3.05, 3.63) is 10.1 Å². The van der Waals surface area contributed by atoms with Crippen molar-refractivity contribution in [2.45, 2.75) is 6.42 Å². The Kier molecular flexibility index (Phi) is 4.81. The molecule has 0 saturated heterocycles. The van der Waals surface area contributed by atoms with Gasteiger partial charge in [0.05, 0.1) is 6.07 Å². The lowest BCUT2D eigenvalue weighted by atomic mass is 10.4. The van der Waals surface area contributed by atoms with Crippen LogP contribution in [0.3, 0.4) is 0 Å². The Morgan fingerprint density at radius 1 is 1.67 bits per heavy atom. The number of nitrogens with one attached hydrogen (secondary N) is 3. The third-order valence-electron chi connectivity index (χ3n) is 1.05. The van der Waals surface area contributed by atoms with Gasteiger partial charge in [-0.05, 0) is 4.92 Å². The minimum atomic E-state index is -1.21. The molecule has 15 heavy (non-hydrogen) atoms. The Hall–Kier alpha value is -2.70. The van der Waals surface area contributed by atoms with Gasteiger partial charge in [0.2, 0.25) is 5.91 Å². The second-order valence-electron chi connectivity index (χ2n) is 2.04. The third-order valence-corrected chi connectivity index (χ3v) is 1.05. The second kappa shape index (κ2) is 5.86. The highest BCUT2D eigenvalue weighted by Crippen LogP contribution is 1.85. The van der Waals surface area contributed by atoms with Crippen molar-refractivity contribution in [1.82, 2.24) is 5.32 Å². The standard InChI is InChI=1S/C5H5N7O3/c6-2-1-3(13)9-5(10-11-8)4(7)12(14)15/h7H,1H2,(H2,8,9,10,13). The number of nitro groups is 1. The van der Waals surface area contributed by atoms with Gasteiger partial charge in [0, 0.05) is 0 Å². The maximum Gasteiger partial charge on any atom is 0.401 e. The molecule has 78 valence electrons. The molecule has 0 heterocycles. The SMILES string of the molecule is N#CCC(=O)N/C(=N/N=N)C(=N)[N+](=O)[O-]. The van der Waals surface area contributed by atoms with E-state index in [0.29, 0.717) is 0 Å². The largest absolute Gasteiger partial charge is 0.401 e. The molecule has 10 nitrogen and oxygen atoms in total. The topological polar surface area (TPSA) is 168 Å². The summed E-state index contributed by atoms with van der Waals surface area (Å²) in [4.78, 5) is 19.8. The molecular weight excluding hydrogens is 206 g/mol. The van der Waals surface area contributed by atoms with Crippen LogP contribution in [-0.2, 0) is 4.79 Å². The van der Waals surface area contributed by atoms with Crippen LogP contribution in [-0.4, -0.2) is 22.5 Å². The zero-order chi connectivity index (χ0) is 11.8. The molecule has 0 saturated carbocycles. The quantitative estimate of drug-likeness (QED) is 0.186. The molecule has 0 bridgehead atoms. The molecule has 3 N–H and O–H groups in total. The molecule has 0 aliphatic rings. The van der Waals surface area contributed by atoms with Gasteiger partial charge in [-0.25, -0.2) is 0 Å². The first-order valence-electron chi connectivity index (χ1n) is 3.37. The van der Waals surface area contributed by atoms with Gasteiger partial charge in [0.1, 0.15) is 6.42 Å². The predicted octanol–water partition coefficient (Wildman–Crippen LogP) is -0.385. The van der Waals surface area contributed by atoms with Gasteiger partial charge in [-0.2, -0.15) is 10.8 Å². The summed E-state index contributed by atoms with van der Waals surface area (Å²) in [5, 5.41) is 32.2. The summed E-state index contributed by atoms with van der Waals surface area (Å²) in [5.41, 5.74) is 6.32. The number of amides is 1. The molecule has 0 aromatic rings. The van der Waals surface area contributed by atoms with Gasteiger partial charge in [0.25, 0.3) is 5.84 Å². The van der Waals surface area contributed by atoms with Crippen molar-refractivity contribution in [2.24, 2.45) is 10.3 Å². The van der Waals surface area contributed by atoms with Crippen molar-refractivity contribution in [3.8, 4) is 6.07 Å². The minimum absolute atomic E-state index is 0.540. The fraction of sp³-hybridized carbons (Fsp3) is 0.200. The molecule has 0 aliphatic heterocycles.